The Labute approximate surface area is 193 Å². The average Bonchev–Trinajstić information content (AvgIpc) is 3.08. The third-order valence-electron chi connectivity index (χ3n) is 4.85. The Bertz CT molecular complexity index is 1180. The molecule has 0 saturated heterocycles. The quantitative estimate of drug-likeness (QED) is 0.345. The Hall–Kier alpha value is -2.34. The predicted octanol–water partition coefficient (Wildman–Crippen LogP) is 6.13. The molecule has 1 N–H and O–H groups in total. The Kier molecular flexibility index (Phi) is 6.42. The Morgan fingerprint density at radius 3 is 2.40 bits per heavy atom. The summed E-state index contributed by atoms with van der Waals surface area (Å²) in [5.41, 5.74) is 3.37. The van der Waals surface area contributed by atoms with Crippen molar-refractivity contribution in [1.29, 1.82) is 0 Å². The molecule has 0 bridgehead atoms. The maximum Gasteiger partial charge on any atom is 0.251 e. The van der Waals surface area contributed by atoms with Crippen LogP contribution in [-0.4, -0.2) is 22.0 Å². The normalized spacial score (nSPS) is 11.0. The molecule has 7 heteroatoms. The molecule has 4 aromatic rings. The van der Waals surface area contributed by atoms with Gasteiger partial charge in [-0.05, 0) is 48.5 Å². The second kappa shape index (κ2) is 9.21. The Balaban J connectivity index is 1.56. The van der Waals surface area contributed by atoms with E-state index in [1.54, 1.807) is 12.1 Å². The molecule has 0 atom stereocenters. The van der Waals surface area contributed by atoms with Crippen LogP contribution in [0.2, 0.25) is 10.0 Å². The molecule has 0 spiro atoms. The molecule has 1 aromatic heterocycles. The smallest absolute Gasteiger partial charge is 0.251 e. The van der Waals surface area contributed by atoms with Crippen LogP contribution in [0.1, 0.15) is 21.7 Å². The van der Waals surface area contributed by atoms with Crippen LogP contribution < -0.4 is 5.32 Å². The summed E-state index contributed by atoms with van der Waals surface area (Å²) in [6.45, 7) is 0.976. The number of aromatic nitrogens is 2. The first kappa shape index (κ1) is 20.9. The lowest BCUT2D eigenvalue weighted by Gasteiger charge is -2.13. The number of hydrogen-bond donors (Lipinski definition) is 1. The number of fused-ring (bicyclic) bond motifs is 1. The lowest BCUT2D eigenvalue weighted by molar-refractivity contribution is 0.0954. The van der Waals surface area contributed by atoms with Gasteiger partial charge in [0.2, 0.25) is 0 Å². The van der Waals surface area contributed by atoms with E-state index in [-0.39, 0.29) is 5.91 Å². The van der Waals surface area contributed by atoms with E-state index in [0.717, 1.165) is 26.9 Å². The topological polar surface area (TPSA) is 46.9 Å². The summed E-state index contributed by atoms with van der Waals surface area (Å²) >= 11 is 16.2. The number of rotatable bonds is 6. The van der Waals surface area contributed by atoms with Gasteiger partial charge in [0, 0.05) is 38.6 Å². The predicted molar refractivity (Wildman–Crippen MR) is 125 cm³/mol. The number of amides is 1. The van der Waals surface area contributed by atoms with Gasteiger partial charge < -0.3 is 9.88 Å². The van der Waals surface area contributed by atoms with Crippen LogP contribution in [0, 0.1) is 0 Å². The van der Waals surface area contributed by atoms with Gasteiger partial charge >= 0.3 is 0 Å². The largest absolute Gasteiger partial charge is 0.352 e. The van der Waals surface area contributed by atoms with Crippen LogP contribution in [0.4, 0.5) is 0 Å². The number of para-hydroxylation sites is 2. The van der Waals surface area contributed by atoms with E-state index in [4.69, 9.17) is 28.2 Å². The van der Waals surface area contributed by atoms with Crippen LogP contribution in [0.15, 0.2) is 71.2 Å². The van der Waals surface area contributed by atoms with Crippen molar-refractivity contribution in [3.63, 3.8) is 0 Å². The maximum absolute atomic E-state index is 12.4. The highest BCUT2D eigenvalue weighted by molar-refractivity contribution is 9.10. The van der Waals surface area contributed by atoms with E-state index in [9.17, 15) is 4.79 Å². The molecule has 0 aliphatic heterocycles. The number of hydrogen-bond acceptors (Lipinski definition) is 2. The van der Waals surface area contributed by atoms with E-state index < -0.39 is 0 Å². The summed E-state index contributed by atoms with van der Waals surface area (Å²) in [7, 11) is 0. The number of benzene rings is 3. The molecule has 0 aliphatic rings. The third kappa shape index (κ3) is 4.53. The van der Waals surface area contributed by atoms with Gasteiger partial charge in [0.05, 0.1) is 17.6 Å². The summed E-state index contributed by atoms with van der Waals surface area (Å²) in [5.74, 6) is 0.752. The van der Waals surface area contributed by atoms with Crippen molar-refractivity contribution in [2.45, 2.75) is 13.0 Å². The van der Waals surface area contributed by atoms with Gasteiger partial charge in [-0.3, -0.25) is 4.79 Å². The molecule has 0 aliphatic carbocycles. The average molecular weight is 503 g/mol. The summed E-state index contributed by atoms with van der Waals surface area (Å²) in [4.78, 5) is 17.2. The van der Waals surface area contributed by atoms with Crippen LogP contribution in [-0.2, 0) is 13.0 Å². The second-order valence-electron chi connectivity index (χ2n) is 6.82. The minimum Gasteiger partial charge on any atom is -0.352 e. The van der Waals surface area contributed by atoms with Crippen molar-refractivity contribution in [2.24, 2.45) is 0 Å². The highest BCUT2D eigenvalue weighted by atomic mass is 79.9. The molecule has 1 amide bonds. The highest BCUT2D eigenvalue weighted by Gasteiger charge is 2.14. The molecular formula is C23H18BrCl2N3O. The number of nitrogens with one attached hydrogen (secondary N) is 1. The van der Waals surface area contributed by atoms with Gasteiger partial charge in [0.1, 0.15) is 5.82 Å². The van der Waals surface area contributed by atoms with Gasteiger partial charge in [0.15, 0.2) is 0 Å². The molecular weight excluding hydrogens is 485 g/mol. The molecule has 4 nitrogen and oxygen atoms in total. The fourth-order valence-corrected chi connectivity index (χ4v) is 4.11. The van der Waals surface area contributed by atoms with Crippen molar-refractivity contribution in [3.05, 3.63) is 98.2 Å². The fraction of sp³-hybridized carbons (Fsp3) is 0.130. The number of carbonyl (C=O) groups is 1. The zero-order valence-electron chi connectivity index (χ0n) is 15.9. The number of halogens is 3. The Morgan fingerprint density at radius 1 is 0.967 bits per heavy atom. The third-order valence-corrected chi connectivity index (χ3v) is 6.09. The first-order valence-electron chi connectivity index (χ1n) is 9.44. The molecule has 3 aromatic carbocycles. The number of nitrogens with zero attached hydrogens (tertiary/aromatic N) is 2. The molecule has 0 fully saturated rings. The van der Waals surface area contributed by atoms with Gasteiger partial charge in [-0.25, -0.2) is 4.98 Å². The standard InChI is InChI=1S/C23H18BrCl2N3O/c24-16-10-8-15(9-11-16)23(30)27-13-12-22-28-20-6-1-2-7-21(20)29(22)14-17-18(25)4-3-5-19(17)26/h1-11H,12-14H2,(H,27,30). The second-order valence-corrected chi connectivity index (χ2v) is 8.55. The summed E-state index contributed by atoms with van der Waals surface area (Å²) in [6, 6.07) is 20.7. The van der Waals surface area contributed by atoms with Gasteiger partial charge in [-0.2, -0.15) is 0 Å². The van der Waals surface area contributed by atoms with Crippen molar-refractivity contribution >= 4 is 56.1 Å². The first-order valence-corrected chi connectivity index (χ1v) is 11.0. The zero-order valence-corrected chi connectivity index (χ0v) is 19.0. The monoisotopic (exact) mass is 501 g/mol. The summed E-state index contributed by atoms with van der Waals surface area (Å²) in [6.07, 6.45) is 0.582. The maximum atomic E-state index is 12.4. The van der Waals surface area contributed by atoms with Crippen molar-refractivity contribution in [3.8, 4) is 0 Å². The molecule has 1 heterocycles. The molecule has 4 rings (SSSR count). The molecule has 30 heavy (non-hydrogen) atoms. The zero-order chi connectivity index (χ0) is 21.1. The molecule has 0 saturated carbocycles. The van der Waals surface area contributed by atoms with E-state index in [2.05, 4.69) is 25.8 Å². The van der Waals surface area contributed by atoms with Crippen LogP contribution in [0.25, 0.3) is 11.0 Å². The molecule has 0 unspecified atom stereocenters. The van der Waals surface area contributed by atoms with Gasteiger partial charge in [-0.1, -0.05) is 57.3 Å². The van der Waals surface area contributed by atoms with Crippen LogP contribution >= 0.6 is 39.1 Å². The van der Waals surface area contributed by atoms with Crippen LogP contribution in [0.3, 0.4) is 0 Å². The number of imidazole rings is 1. The van der Waals surface area contributed by atoms with E-state index in [1.165, 1.54) is 0 Å². The first-order chi connectivity index (χ1) is 14.5. The lowest BCUT2D eigenvalue weighted by atomic mass is 10.2. The van der Waals surface area contributed by atoms with E-state index in [1.807, 2.05) is 54.6 Å². The molecule has 152 valence electrons. The van der Waals surface area contributed by atoms with Crippen molar-refractivity contribution in [2.75, 3.05) is 6.54 Å². The lowest BCUT2D eigenvalue weighted by Crippen LogP contribution is -2.26. The summed E-state index contributed by atoms with van der Waals surface area (Å²) < 4.78 is 3.04. The fourth-order valence-electron chi connectivity index (χ4n) is 3.33. The van der Waals surface area contributed by atoms with Crippen molar-refractivity contribution < 1.29 is 4.79 Å². The van der Waals surface area contributed by atoms with Gasteiger partial charge in [0.25, 0.3) is 5.91 Å². The van der Waals surface area contributed by atoms with Gasteiger partial charge in [-0.15, -0.1) is 0 Å². The summed E-state index contributed by atoms with van der Waals surface area (Å²) in [5, 5.41) is 4.21. The highest BCUT2D eigenvalue weighted by Crippen LogP contribution is 2.27. The van der Waals surface area contributed by atoms with E-state index in [0.29, 0.717) is 35.1 Å². The van der Waals surface area contributed by atoms with Crippen LogP contribution in [0.5, 0.6) is 0 Å². The minimum atomic E-state index is -0.112. The Morgan fingerprint density at radius 2 is 1.67 bits per heavy atom. The van der Waals surface area contributed by atoms with Crippen molar-refractivity contribution in [1.82, 2.24) is 14.9 Å². The van der Waals surface area contributed by atoms with E-state index >= 15 is 0 Å². The molecule has 0 radical (unpaired) electrons. The number of carbonyl (C=O) groups excluding carboxylic acids is 1. The SMILES string of the molecule is O=C(NCCc1nc2ccccc2n1Cc1c(Cl)cccc1Cl)c1ccc(Br)cc1. The minimum absolute atomic E-state index is 0.112.